The number of aliphatic hydroxyl groups excluding tert-OH is 2. The van der Waals surface area contributed by atoms with Crippen LogP contribution in [-0.2, 0) is 11.3 Å². The summed E-state index contributed by atoms with van der Waals surface area (Å²) in [6.45, 7) is 0.295. The van der Waals surface area contributed by atoms with Crippen LogP contribution < -0.4 is 10.5 Å². The van der Waals surface area contributed by atoms with Gasteiger partial charge in [-0.05, 0) is 17.7 Å². The van der Waals surface area contributed by atoms with Gasteiger partial charge < -0.3 is 25.4 Å². The third-order valence-electron chi connectivity index (χ3n) is 4.07. The van der Waals surface area contributed by atoms with Crippen LogP contribution in [0.5, 0.6) is 5.88 Å². The van der Waals surface area contributed by atoms with Gasteiger partial charge in [-0.25, -0.2) is 4.98 Å². The molecule has 2 aromatic heterocycles. The first-order valence-corrected chi connectivity index (χ1v) is 8.69. The van der Waals surface area contributed by atoms with E-state index in [1.807, 2.05) is 24.3 Å². The fraction of sp³-hybridized carbons (Fsp3) is 0.312. The van der Waals surface area contributed by atoms with Gasteiger partial charge in [0.25, 0.3) is 0 Å². The number of nitrogen functional groups attached to an aromatic ring is 1. The highest BCUT2D eigenvalue weighted by Gasteiger charge is 2.34. The number of nitrogens with two attached hydrogens (primary N) is 1. The number of aliphatic hydroxyl groups is 2. The maximum Gasteiger partial charge on any atom is 0.247 e. The van der Waals surface area contributed by atoms with Crippen LogP contribution in [0.1, 0.15) is 18.2 Å². The number of nitrogens with zero attached hydrogens (tertiary/aromatic N) is 4. The molecule has 4 rings (SSSR count). The molecular weight excluding hydrogens is 406 g/mol. The molecule has 1 aromatic carbocycles. The number of imidazole rings is 1. The number of rotatable bonds is 4. The minimum Gasteiger partial charge on any atom is -0.471 e. The summed E-state index contributed by atoms with van der Waals surface area (Å²) in [5.41, 5.74) is 7.61. The van der Waals surface area contributed by atoms with Gasteiger partial charge >= 0.3 is 0 Å². The van der Waals surface area contributed by atoms with E-state index in [0.717, 1.165) is 10.0 Å². The molecule has 1 aliphatic heterocycles. The number of fused-ring (bicyclic) bond motifs is 1. The van der Waals surface area contributed by atoms with E-state index in [-0.39, 0.29) is 18.2 Å². The van der Waals surface area contributed by atoms with Crippen molar-refractivity contribution in [2.75, 3.05) is 5.73 Å². The van der Waals surface area contributed by atoms with Gasteiger partial charge in [0, 0.05) is 10.9 Å². The molecule has 0 amide bonds. The van der Waals surface area contributed by atoms with Gasteiger partial charge in [-0.15, -0.1) is 0 Å². The van der Waals surface area contributed by atoms with Crippen LogP contribution in [0, 0.1) is 0 Å². The number of anilines is 1. The maximum absolute atomic E-state index is 9.68. The van der Waals surface area contributed by atoms with Crippen LogP contribution in [0.4, 0.5) is 5.95 Å². The Morgan fingerprint density at radius 1 is 1.27 bits per heavy atom. The Kier molecular flexibility index (Phi) is 4.49. The number of hydrogen-bond donors (Lipinski definition) is 3. The van der Waals surface area contributed by atoms with Gasteiger partial charge in [-0.2, -0.15) is 9.97 Å². The molecule has 0 unspecified atom stereocenters. The van der Waals surface area contributed by atoms with E-state index in [4.69, 9.17) is 15.2 Å². The van der Waals surface area contributed by atoms with Gasteiger partial charge in [0.1, 0.15) is 18.9 Å². The van der Waals surface area contributed by atoms with Crippen molar-refractivity contribution in [2.45, 2.75) is 31.6 Å². The second kappa shape index (κ2) is 6.80. The molecule has 0 bridgehead atoms. The summed E-state index contributed by atoms with van der Waals surface area (Å²) in [5, 5.41) is 19.3. The molecule has 3 heterocycles. The summed E-state index contributed by atoms with van der Waals surface area (Å²) < 4.78 is 13.7. The third kappa shape index (κ3) is 3.23. The first kappa shape index (κ1) is 17.2. The van der Waals surface area contributed by atoms with Crippen LogP contribution in [0.25, 0.3) is 11.2 Å². The van der Waals surface area contributed by atoms with E-state index >= 15 is 0 Å². The van der Waals surface area contributed by atoms with Crippen LogP contribution in [0.2, 0.25) is 0 Å². The highest BCUT2D eigenvalue weighted by Crippen LogP contribution is 2.32. The van der Waals surface area contributed by atoms with Crippen LogP contribution >= 0.6 is 15.9 Å². The second-order valence-electron chi connectivity index (χ2n) is 5.91. The molecule has 10 heteroatoms. The summed E-state index contributed by atoms with van der Waals surface area (Å²) >= 11 is 3.39. The average Bonchev–Trinajstić information content (AvgIpc) is 3.17. The minimum atomic E-state index is -1.25. The second-order valence-corrected chi connectivity index (χ2v) is 6.83. The summed E-state index contributed by atoms with van der Waals surface area (Å²) in [7, 11) is 0. The van der Waals surface area contributed by atoms with Crippen LogP contribution in [0.15, 0.2) is 35.1 Å². The SMILES string of the molecule is Nc1nc(OCc2ccc(Br)cc2)c2ncn([C@H]3C[C@H](O)[C@@H](O)O3)c2n1. The predicted octanol–water partition coefficient (Wildman–Crippen LogP) is 1.35. The topological polar surface area (TPSA) is 129 Å². The Morgan fingerprint density at radius 2 is 2.04 bits per heavy atom. The highest BCUT2D eigenvalue weighted by molar-refractivity contribution is 9.10. The van der Waals surface area contributed by atoms with Crippen molar-refractivity contribution in [1.29, 1.82) is 0 Å². The van der Waals surface area contributed by atoms with E-state index < -0.39 is 18.6 Å². The fourth-order valence-corrected chi connectivity index (χ4v) is 3.02. The van der Waals surface area contributed by atoms with E-state index in [0.29, 0.717) is 17.8 Å². The molecule has 1 saturated heterocycles. The van der Waals surface area contributed by atoms with Crippen molar-refractivity contribution in [3.05, 3.63) is 40.6 Å². The third-order valence-corrected chi connectivity index (χ3v) is 4.60. The number of aromatic nitrogens is 4. The standard InChI is InChI=1S/C16H16BrN5O4/c17-9-3-1-8(2-4-9)6-25-14-12-13(20-16(18)21-14)22(7-19-12)11-5-10(23)15(24)26-11/h1-4,7,10-11,15,23-24H,5-6H2,(H2,18,20,21)/t10-,11+,15-/m0/s1. The quantitative estimate of drug-likeness (QED) is 0.575. The Labute approximate surface area is 156 Å². The van der Waals surface area contributed by atoms with E-state index in [2.05, 4.69) is 30.9 Å². The normalized spacial score (nSPS) is 22.8. The lowest BCUT2D eigenvalue weighted by Crippen LogP contribution is -2.19. The highest BCUT2D eigenvalue weighted by atomic mass is 79.9. The van der Waals surface area contributed by atoms with Crippen molar-refractivity contribution in [1.82, 2.24) is 19.5 Å². The number of halogens is 1. The fourth-order valence-electron chi connectivity index (χ4n) is 2.76. The van der Waals surface area contributed by atoms with Gasteiger partial charge in [0.15, 0.2) is 17.5 Å². The molecule has 0 spiro atoms. The van der Waals surface area contributed by atoms with E-state index in [1.54, 1.807) is 4.57 Å². The zero-order valence-corrected chi connectivity index (χ0v) is 15.1. The summed E-state index contributed by atoms with van der Waals surface area (Å²) in [6.07, 6.45) is -1.10. The molecule has 0 saturated carbocycles. The average molecular weight is 422 g/mol. The van der Waals surface area contributed by atoms with E-state index in [1.165, 1.54) is 6.33 Å². The zero-order chi connectivity index (χ0) is 18.3. The van der Waals surface area contributed by atoms with Crippen molar-refractivity contribution < 1.29 is 19.7 Å². The van der Waals surface area contributed by atoms with Crippen molar-refractivity contribution in [2.24, 2.45) is 0 Å². The summed E-state index contributed by atoms with van der Waals surface area (Å²) in [6, 6.07) is 7.70. The molecule has 3 aromatic rings. The minimum absolute atomic E-state index is 0.0316. The molecule has 9 nitrogen and oxygen atoms in total. The Hall–Kier alpha value is -2.27. The monoisotopic (exact) mass is 421 g/mol. The van der Waals surface area contributed by atoms with Gasteiger partial charge in [0.05, 0.1) is 6.33 Å². The molecule has 1 fully saturated rings. The molecule has 4 N–H and O–H groups in total. The number of hydrogen-bond acceptors (Lipinski definition) is 8. The molecule has 3 atom stereocenters. The molecule has 26 heavy (non-hydrogen) atoms. The van der Waals surface area contributed by atoms with Crippen molar-refractivity contribution in [3.8, 4) is 5.88 Å². The Balaban J connectivity index is 1.62. The largest absolute Gasteiger partial charge is 0.471 e. The first-order chi connectivity index (χ1) is 12.5. The van der Waals surface area contributed by atoms with Crippen LogP contribution in [-0.4, -0.2) is 42.1 Å². The predicted molar refractivity (Wildman–Crippen MR) is 95.0 cm³/mol. The lowest BCUT2D eigenvalue weighted by molar-refractivity contribution is -0.140. The smallest absolute Gasteiger partial charge is 0.247 e. The first-order valence-electron chi connectivity index (χ1n) is 7.90. The Morgan fingerprint density at radius 3 is 2.73 bits per heavy atom. The summed E-state index contributed by atoms with van der Waals surface area (Å²) in [5.74, 6) is 0.289. The molecule has 136 valence electrons. The summed E-state index contributed by atoms with van der Waals surface area (Å²) in [4.78, 5) is 12.6. The van der Waals surface area contributed by atoms with Gasteiger partial charge in [0.2, 0.25) is 11.8 Å². The number of benzene rings is 1. The molecule has 1 aliphatic rings. The van der Waals surface area contributed by atoms with Gasteiger partial charge in [-0.1, -0.05) is 28.1 Å². The molecule has 0 radical (unpaired) electrons. The maximum atomic E-state index is 9.68. The van der Waals surface area contributed by atoms with Gasteiger partial charge in [-0.3, -0.25) is 4.57 Å². The molecule has 0 aliphatic carbocycles. The lowest BCUT2D eigenvalue weighted by atomic mass is 10.2. The molecular formula is C16H16BrN5O4. The van der Waals surface area contributed by atoms with Crippen molar-refractivity contribution in [3.63, 3.8) is 0 Å². The Bertz CT molecular complexity index is 922. The lowest BCUT2D eigenvalue weighted by Gasteiger charge is -2.12. The van der Waals surface area contributed by atoms with E-state index in [9.17, 15) is 10.2 Å². The number of ether oxygens (including phenoxy) is 2. The van der Waals surface area contributed by atoms with Crippen LogP contribution in [0.3, 0.4) is 0 Å². The zero-order valence-electron chi connectivity index (χ0n) is 13.5. The van der Waals surface area contributed by atoms with Crippen molar-refractivity contribution >= 4 is 33.0 Å².